The lowest BCUT2D eigenvalue weighted by molar-refractivity contribution is 0.0264. The molecular weight excluding hydrogens is 395 g/mol. The summed E-state index contributed by atoms with van der Waals surface area (Å²) in [5.41, 5.74) is -0.529. The standard InChI is InChI=1S/C15H32N4O2.HI/c1-9-19(13(20)21-15(5,6)7)11-10-17-12(16-8)18-14(2,3)4;/h9-11H2,1-8H3,(H2,16,17,18);1H. The summed E-state index contributed by atoms with van der Waals surface area (Å²) in [4.78, 5) is 17.8. The van der Waals surface area contributed by atoms with Crippen LogP contribution in [0.4, 0.5) is 4.79 Å². The average Bonchev–Trinajstić information content (AvgIpc) is 2.29. The second-order valence-electron chi connectivity index (χ2n) is 6.93. The number of guanidine groups is 1. The Morgan fingerprint density at radius 3 is 2.09 bits per heavy atom. The van der Waals surface area contributed by atoms with Crippen LogP contribution in [0.2, 0.25) is 0 Å². The van der Waals surface area contributed by atoms with Gasteiger partial charge in [-0.2, -0.15) is 0 Å². The van der Waals surface area contributed by atoms with Gasteiger partial charge in [0.25, 0.3) is 0 Å². The smallest absolute Gasteiger partial charge is 0.410 e. The largest absolute Gasteiger partial charge is 0.444 e. The zero-order valence-corrected chi connectivity index (χ0v) is 17.6. The van der Waals surface area contributed by atoms with Crippen molar-refractivity contribution in [2.45, 2.75) is 59.6 Å². The number of carbonyl (C=O) groups excluding carboxylic acids is 1. The van der Waals surface area contributed by atoms with Crippen molar-refractivity contribution in [1.82, 2.24) is 15.5 Å². The molecule has 0 fully saturated rings. The Balaban J connectivity index is 0. The van der Waals surface area contributed by atoms with Crippen LogP contribution in [0.5, 0.6) is 0 Å². The highest BCUT2D eigenvalue weighted by molar-refractivity contribution is 14.0. The van der Waals surface area contributed by atoms with Crippen LogP contribution in [0, 0.1) is 0 Å². The monoisotopic (exact) mass is 428 g/mol. The molecule has 0 spiro atoms. The number of hydrogen-bond donors (Lipinski definition) is 2. The molecule has 0 aromatic heterocycles. The van der Waals surface area contributed by atoms with Gasteiger partial charge in [-0.1, -0.05) is 0 Å². The van der Waals surface area contributed by atoms with Crippen molar-refractivity contribution in [2.24, 2.45) is 4.99 Å². The van der Waals surface area contributed by atoms with E-state index in [1.807, 2.05) is 27.7 Å². The van der Waals surface area contributed by atoms with Crippen LogP contribution in [0.15, 0.2) is 4.99 Å². The summed E-state index contributed by atoms with van der Waals surface area (Å²) in [6, 6.07) is 0. The first-order chi connectivity index (χ1) is 9.48. The number of likely N-dealkylation sites (N-methyl/N-ethyl adjacent to an activating group) is 1. The van der Waals surface area contributed by atoms with Gasteiger partial charge in [0.05, 0.1) is 0 Å². The van der Waals surface area contributed by atoms with Gasteiger partial charge in [0, 0.05) is 32.2 Å². The molecule has 0 radical (unpaired) electrons. The summed E-state index contributed by atoms with van der Waals surface area (Å²) < 4.78 is 5.37. The maximum Gasteiger partial charge on any atom is 0.410 e. The maximum atomic E-state index is 12.0. The van der Waals surface area contributed by atoms with Crippen molar-refractivity contribution in [1.29, 1.82) is 0 Å². The van der Waals surface area contributed by atoms with Crippen molar-refractivity contribution in [3.63, 3.8) is 0 Å². The van der Waals surface area contributed by atoms with E-state index in [2.05, 4.69) is 36.4 Å². The van der Waals surface area contributed by atoms with Crippen LogP contribution in [0.25, 0.3) is 0 Å². The van der Waals surface area contributed by atoms with Crippen LogP contribution in [-0.4, -0.2) is 54.8 Å². The topological polar surface area (TPSA) is 66.0 Å². The van der Waals surface area contributed by atoms with Gasteiger partial charge in [0.1, 0.15) is 5.60 Å². The summed E-state index contributed by atoms with van der Waals surface area (Å²) in [7, 11) is 1.73. The molecule has 0 heterocycles. The molecule has 0 saturated carbocycles. The van der Waals surface area contributed by atoms with Gasteiger partial charge in [-0.3, -0.25) is 4.99 Å². The third kappa shape index (κ3) is 11.9. The fourth-order valence-electron chi connectivity index (χ4n) is 1.55. The minimum atomic E-state index is -0.470. The number of nitrogens with zero attached hydrogens (tertiary/aromatic N) is 2. The number of halogens is 1. The predicted octanol–water partition coefficient (Wildman–Crippen LogP) is 2.82. The van der Waals surface area contributed by atoms with E-state index >= 15 is 0 Å². The first-order valence-corrected chi connectivity index (χ1v) is 7.45. The fourth-order valence-corrected chi connectivity index (χ4v) is 1.55. The number of rotatable bonds is 4. The number of ether oxygens (including phenoxy) is 1. The first kappa shape index (κ1) is 23.5. The molecule has 0 aliphatic heterocycles. The Morgan fingerprint density at radius 2 is 1.73 bits per heavy atom. The molecule has 6 nitrogen and oxygen atoms in total. The van der Waals surface area contributed by atoms with Crippen LogP contribution in [0.3, 0.4) is 0 Å². The molecular formula is C15H33IN4O2. The number of amides is 1. The minimum Gasteiger partial charge on any atom is -0.444 e. The lowest BCUT2D eigenvalue weighted by Crippen LogP contribution is -2.49. The van der Waals surface area contributed by atoms with Crippen molar-refractivity contribution in [3.05, 3.63) is 0 Å². The van der Waals surface area contributed by atoms with Gasteiger partial charge in [-0.05, 0) is 48.5 Å². The summed E-state index contributed by atoms with van der Waals surface area (Å²) >= 11 is 0. The van der Waals surface area contributed by atoms with E-state index in [-0.39, 0.29) is 35.6 Å². The Bertz CT molecular complexity index is 360. The van der Waals surface area contributed by atoms with Crippen LogP contribution in [0.1, 0.15) is 48.5 Å². The SMILES string of the molecule is CCN(CCNC(=NC)NC(C)(C)C)C(=O)OC(C)(C)C.I. The number of aliphatic imine (C=N–C) groups is 1. The molecule has 1 amide bonds. The van der Waals surface area contributed by atoms with Crippen molar-refractivity contribution in [2.75, 3.05) is 26.7 Å². The second-order valence-corrected chi connectivity index (χ2v) is 6.93. The number of carbonyl (C=O) groups is 1. The Morgan fingerprint density at radius 1 is 1.18 bits per heavy atom. The Labute approximate surface area is 152 Å². The van der Waals surface area contributed by atoms with Crippen LogP contribution < -0.4 is 10.6 Å². The van der Waals surface area contributed by atoms with E-state index in [0.29, 0.717) is 19.6 Å². The minimum absolute atomic E-state index is 0. The summed E-state index contributed by atoms with van der Waals surface area (Å²) in [6.07, 6.45) is -0.287. The Kier molecular flexibility index (Phi) is 10.8. The summed E-state index contributed by atoms with van der Waals surface area (Å²) in [5, 5.41) is 6.47. The van der Waals surface area contributed by atoms with Crippen LogP contribution in [-0.2, 0) is 4.74 Å². The van der Waals surface area contributed by atoms with E-state index in [1.165, 1.54) is 0 Å². The predicted molar refractivity (Wildman–Crippen MR) is 103 cm³/mol. The molecule has 132 valence electrons. The van der Waals surface area contributed by atoms with Gasteiger partial charge in [0.2, 0.25) is 0 Å². The highest BCUT2D eigenvalue weighted by Crippen LogP contribution is 2.09. The molecule has 0 unspecified atom stereocenters. The molecule has 7 heteroatoms. The van der Waals surface area contributed by atoms with Gasteiger partial charge >= 0.3 is 6.09 Å². The van der Waals surface area contributed by atoms with Gasteiger partial charge in [0.15, 0.2) is 5.96 Å². The lowest BCUT2D eigenvalue weighted by atomic mass is 10.1. The molecule has 0 atom stereocenters. The second kappa shape index (κ2) is 10.1. The molecule has 0 saturated heterocycles. The molecule has 0 bridgehead atoms. The highest BCUT2D eigenvalue weighted by Gasteiger charge is 2.21. The van der Waals surface area contributed by atoms with E-state index in [1.54, 1.807) is 11.9 Å². The first-order valence-electron chi connectivity index (χ1n) is 7.45. The molecule has 0 aliphatic carbocycles. The molecule has 0 aliphatic rings. The van der Waals surface area contributed by atoms with Gasteiger partial charge in [-0.15, -0.1) is 24.0 Å². The molecule has 0 rings (SSSR count). The summed E-state index contributed by atoms with van der Waals surface area (Å²) in [6.45, 7) is 15.5. The molecule has 2 N–H and O–H groups in total. The maximum absolute atomic E-state index is 12.0. The summed E-state index contributed by atoms with van der Waals surface area (Å²) in [5.74, 6) is 0.725. The Hall–Kier alpha value is -0.730. The molecule has 22 heavy (non-hydrogen) atoms. The van der Waals surface area contributed by atoms with E-state index in [0.717, 1.165) is 5.96 Å². The number of hydrogen-bond acceptors (Lipinski definition) is 3. The fraction of sp³-hybridized carbons (Fsp3) is 0.867. The highest BCUT2D eigenvalue weighted by atomic mass is 127. The van der Waals surface area contributed by atoms with Gasteiger partial charge in [-0.25, -0.2) is 4.79 Å². The number of nitrogens with one attached hydrogen (secondary N) is 2. The average molecular weight is 428 g/mol. The van der Waals surface area contributed by atoms with Gasteiger partial charge < -0.3 is 20.3 Å². The van der Waals surface area contributed by atoms with Crippen molar-refractivity contribution >= 4 is 36.0 Å². The van der Waals surface area contributed by atoms with E-state index in [4.69, 9.17) is 4.74 Å². The molecule has 0 aromatic rings. The van der Waals surface area contributed by atoms with E-state index < -0.39 is 5.60 Å². The zero-order chi connectivity index (χ0) is 16.7. The normalized spacial score (nSPS) is 12.3. The quantitative estimate of drug-likeness (QED) is 0.411. The molecule has 0 aromatic carbocycles. The van der Waals surface area contributed by atoms with E-state index in [9.17, 15) is 4.79 Å². The third-order valence-electron chi connectivity index (χ3n) is 2.42. The zero-order valence-electron chi connectivity index (χ0n) is 15.2. The lowest BCUT2D eigenvalue weighted by Gasteiger charge is -2.27. The van der Waals surface area contributed by atoms with Crippen molar-refractivity contribution in [3.8, 4) is 0 Å². The third-order valence-corrected chi connectivity index (χ3v) is 2.42. The van der Waals surface area contributed by atoms with Crippen molar-refractivity contribution < 1.29 is 9.53 Å². The van der Waals surface area contributed by atoms with Crippen LogP contribution >= 0.6 is 24.0 Å².